The van der Waals surface area contributed by atoms with E-state index in [1.807, 2.05) is 19.1 Å². The molecule has 0 radical (unpaired) electrons. The molecule has 0 aliphatic carbocycles. The summed E-state index contributed by atoms with van der Waals surface area (Å²) in [4.78, 5) is 0. The molecule has 16 heavy (non-hydrogen) atoms. The minimum atomic E-state index is -0.344. The Bertz CT molecular complexity index is 387. The van der Waals surface area contributed by atoms with Gasteiger partial charge in [-0.05, 0) is 43.1 Å². The standard InChI is InChI=1S/C12H15ClN2O/c1-9-7-10(13)3-4-11(9)12(8-14)15-5-2-6-16/h3-4,7,12,15-16H,2,5-6H2,1H3. The van der Waals surface area contributed by atoms with E-state index in [-0.39, 0.29) is 12.6 Å². The second kappa shape index (κ2) is 6.49. The van der Waals surface area contributed by atoms with Crippen LogP contribution in [0.3, 0.4) is 0 Å². The van der Waals surface area contributed by atoms with Crippen molar-refractivity contribution in [3.05, 3.63) is 34.3 Å². The number of hydrogen-bond donors (Lipinski definition) is 2. The number of aliphatic hydroxyl groups is 1. The molecule has 0 bridgehead atoms. The summed E-state index contributed by atoms with van der Waals surface area (Å²) in [5.74, 6) is 0. The van der Waals surface area contributed by atoms with E-state index in [1.165, 1.54) is 0 Å². The Kier molecular flexibility index (Phi) is 5.27. The molecule has 0 fully saturated rings. The van der Waals surface area contributed by atoms with Crippen molar-refractivity contribution >= 4 is 11.6 Å². The highest BCUT2D eigenvalue weighted by molar-refractivity contribution is 6.30. The Balaban J connectivity index is 2.76. The van der Waals surface area contributed by atoms with Gasteiger partial charge < -0.3 is 5.11 Å². The van der Waals surface area contributed by atoms with Gasteiger partial charge in [-0.25, -0.2) is 0 Å². The van der Waals surface area contributed by atoms with Crippen LogP contribution < -0.4 is 5.32 Å². The van der Waals surface area contributed by atoms with Gasteiger partial charge in [-0.15, -0.1) is 0 Å². The summed E-state index contributed by atoms with van der Waals surface area (Å²) < 4.78 is 0. The Hall–Kier alpha value is -1.08. The molecule has 0 saturated heterocycles. The molecule has 0 amide bonds. The van der Waals surface area contributed by atoms with E-state index in [0.29, 0.717) is 18.0 Å². The van der Waals surface area contributed by atoms with E-state index in [0.717, 1.165) is 11.1 Å². The third-order valence-electron chi connectivity index (χ3n) is 2.36. The van der Waals surface area contributed by atoms with Crippen LogP contribution in [0, 0.1) is 18.3 Å². The molecule has 1 rings (SSSR count). The maximum absolute atomic E-state index is 9.06. The third kappa shape index (κ3) is 3.49. The van der Waals surface area contributed by atoms with Gasteiger partial charge in [0, 0.05) is 11.6 Å². The summed E-state index contributed by atoms with van der Waals surface area (Å²) in [6.07, 6.45) is 0.644. The summed E-state index contributed by atoms with van der Waals surface area (Å²) in [6, 6.07) is 7.34. The number of hydrogen-bond acceptors (Lipinski definition) is 3. The number of halogens is 1. The van der Waals surface area contributed by atoms with Crippen LogP contribution in [0.4, 0.5) is 0 Å². The number of nitrogens with one attached hydrogen (secondary N) is 1. The van der Waals surface area contributed by atoms with Gasteiger partial charge in [-0.2, -0.15) is 5.26 Å². The first kappa shape index (κ1) is 13.0. The minimum Gasteiger partial charge on any atom is -0.396 e. The molecule has 0 saturated carbocycles. The largest absolute Gasteiger partial charge is 0.396 e. The van der Waals surface area contributed by atoms with Gasteiger partial charge in [-0.1, -0.05) is 17.7 Å². The maximum Gasteiger partial charge on any atom is 0.121 e. The minimum absolute atomic E-state index is 0.130. The van der Waals surface area contributed by atoms with Gasteiger partial charge in [0.1, 0.15) is 6.04 Å². The average molecular weight is 239 g/mol. The molecule has 1 unspecified atom stereocenters. The van der Waals surface area contributed by atoms with Crippen molar-refractivity contribution in [1.82, 2.24) is 5.32 Å². The summed E-state index contributed by atoms with van der Waals surface area (Å²) >= 11 is 5.86. The number of nitrogens with zero attached hydrogens (tertiary/aromatic N) is 1. The third-order valence-corrected chi connectivity index (χ3v) is 2.59. The van der Waals surface area contributed by atoms with Gasteiger partial charge in [0.2, 0.25) is 0 Å². The van der Waals surface area contributed by atoms with Crippen molar-refractivity contribution < 1.29 is 5.11 Å². The quantitative estimate of drug-likeness (QED) is 0.774. The van der Waals surface area contributed by atoms with Crippen LogP contribution in [0.15, 0.2) is 18.2 Å². The first-order valence-electron chi connectivity index (χ1n) is 5.19. The lowest BCUT2D eigenvalue weighted by Gasteiger charge is -2.14. The van der Waals surface area contributed by atoms with Crippen molar-refractivity contribution in [1.29, 1.82) is 5.26 Å². The van der Waals surface area contributed by atoms with Gasteiger partial charge in [0.15, 0.2) is 0 Å². The Morgan fingerprint density at radius 2 is 2.31 bits per heavy atom. The summed E-state index contributed by atoms with van der Waals surface area (Å²) in [5.41, 5.74) is 1.93. The maximum atomic E-state index is 9.06. The molecule has 0 heterocycles. The van der Waals surface area contributed by atoms with Crippen LogP contribution in [-0.2, 0) is 0 Å². The number of benzene rings is 1. The molecule has 0 aliphatic heterocycles. The van der Waals surface area contributed by atoms with Crippen LogP contribution in [-0.4, -0.2) is 18.3 Å². The first-order valence-corrected chi connectivity index (χ1v) is 5.56. The van der Waals surface area contributed by atoms with E-state index in [2.05, 4.69) is 11.4 Å². The highest BCUT2D eigenvalue weighted by Gasteiger charge is 2.11. The highest BCUT2D eigenvalue weighted by atomic mass is 35.5. The molecule has 3 nitrogen and oxygen atoms in total. The molecule has 0 aromatic heterocycles. The van der Waals surface area contributed by atoms with Crippen LogP contribution in [0.25, 0.3) is 0 Å². The molecule has 1 aromatic carbocycles. The fraction of sp³-hybridized carbons (Fsp3) is 0.417. The van der Waals surface area contributed by atoms with E-state index in [1.54, 1.807) is 6.07 Å². The topological polar surface area (TPSA) is 56.0 Å². The monoisotopic (exact) mass is 238 g/mol. The zero-order chi connectivity index (χ0) is 12.0. The second-order valence-electron chi connectivity index (χ2n) is 3.59. The SMILES string of the molecule is Cc1cc(Cl)ccc1C(C#N)NCCCO. The van der Waals surface area contributed by atoms with Crippen molar-refractivity contribution in [3.8, 4) is 6.07 Å². The number of aliphatic hydroxyl groups excluding tert-OH is 1. The zero-order valence-electron chi connectivity index (χ0n) is 9.20. The Morgan fingerprint density at radius 3 is 2.88 bits per heavy atom. The Morgan fingerprint density at radius 1 is 1.56 bits per heavy atom. The van der Waals surface area contributed by atoms with Crippen molar-refractivity contribution in [2.45, 2.75) is 19.4 Å². The molecule has 4 heteroatoms. The van der Waals surface area contributed by atoms with Crippen LogP contribution in [0.1, 0.15) is 23.6 Å². The lowest BCUT2D eigenvalue weighted by atomic mass is 10.0. The lowest BCUT2D eigenvalue weighted by molar-refractivity contribution is 0.285. The van der Waals surface area contributed by atoms with Gasteiger partial charge >= 0.3 is 0 Å². The molecule has 2 N–H and O–H groups in total. The van der Waals surface area contributed by atoms with Crippen molar-refractivity contribution in [2.75, 3.05) is 13.2 Å². The normalized spacial score (nSPS) is 12.1. The predicted molar refractivity (Wildman–Crippen MR) is 64.2 cm³/mol. The van der Waals surface area contributed by atoms with Gasteiger partial charge in [0.05, 0.1) is 6.07 Å². The molecule has 0 aliphatic rings. The van der Waals surface area contributed by atoms with E-state index < -0.39 is 0 Å². The predicted octanol–water partition coefficient (Wildman–Crippen LogP) is 2.19. The zero-order valence-corrected chi connectivity index (χ0v) is 9.96. The van der Waals surface area contributed by atoms with Gasteiger partial charge in [0.25, 0.3) is 0 Å². The number of aryl methyl sites for hydroxylation is 1. The summed E-state index contributed by atoms with van der Waals surface area (Å²) in [5, 5.41) is 21.5. The average Bonchev–Trinajstić information content (AvgIpc) is 2.26. The molecular weight excluding hydrogens is 224 g/mol. The molecule has 0 spiro atoms. The molecular formula is C12H15ClN2O. The van der Waals surface area contributed by atoms with Crippen LogP contribution in [0.5, 0.6) is 0 Å². The smallest absolute Gasteiger partial charge is 0.121 e. The summed E-state index contributed by atoms with van der Waals surface area (Å²) in [6.45, 7) is 2.68. The highest BCUT2D eigenvalue weighted by Crippen LogP contribution is 2.20. The van der Waals surface area contributed by atoms with Crippen molar-refractivity contribution in [2.24, 2.45) is 0 Å². The first-order chi connectivity index (χ1) is 7.69. The molecule has 86 valence electrons. The summed E-state index contributed by atoms with van der Waals surface area (Å²) in [7, 11) is 0. The van der Waals surface area contributed by atoms with E-state index >= 15 is 0 Å². The molecule has 1 atom stereocenters. The van der Waals surface area contributed by atoms with E-state index in [4.69, 9.17) is 22.0 Å². The van der Waals surface area contributed by atoms with Crippen LogP contribution in [0.2, 0.25) is 5.02 Å². The second-order valence-corrected chi connectivity index (χ2v) is 4.03. The fourth-order valence-electron chi connectivity index (χ4n) is 1.51. The van der Waals surface area contributed by atoms with Crippen LogP contribution >= 0.6 is 11.6 Å². The number of nitriles is 1. The number of rotatable bonds is 5. The lowest BCUT2D eigenvalue weighted by Crippen LogP contribution is -2.22. The van der Waals surface area contributed by atoms with Crippen molar-refractivity contribution in [3.63, 3.8) is 0 Å². The molecule has 1 aromatic rings. The Labute approximate surface area is 101 Å². The fourth-order valence-corrected chi connectivity index (χ4v) is 1.74. The van der Waals surface area contributed by atoms with E-state index in [9.17, 15) is 0 Å². The van der Waals surface area contributed by atoms with Gasteiger partial charge in [-0.3, -0.25) is 5.32 Å².